The van der Waals surface area contributed by atoms with Gasteiger partial charge in [0, 0.05) is 0 Å². The minimum Gasteiger partial charge on any atom is -0.382 e. The number of aliphatic hydroxyl groups excluding tert-OH is 2. The summed E-state index contributed by atoms with van der Waals surface area (Å²) in [5, 5.41) is 20.0. The fraction of sp³-hybridized carbons (Fsp3) is 0.833. The monoisotopic (exact) mass is 182 g/mol. The second-order valence-corrected chi connectivity index (χ2v) is 6.28. The van der Waals surface area contributed by atoms with Gasteiger partial charge in [-0.05, 0) is 20.8 Å². The third kappa shape index (κ3) is 4.33. The molecular formula is C6H14O2S2. The van der Waals surface area contributed by atoms with Gasteiger partial charge in [0.25, 0.3) is 0 Å². The molecule has 0 heterocycles. The van der Waals surface area contributed by atoms with Crippen molar-refractivity contribution in [2.24, 2.45) is 0 Å². The molecule has 0 aromatic carbocycles. The average Bonchev–Trinajstić information content (AvgIpc) is 1.81. The second kappa shape index (κ2) is 5.18. The zero-order valence-corrected chi connectivity index (χ0v) is 8.08. The molecule has 2 nitrogen and oxygen atoms in total. The first-order valence-electron chi connectivity index (χ1n) is 3.12. The summed E-state index contributed by atoms with van der Waals surface area (Å²) in [4.78, 5) is 0. The van der Waals surface area contributed by atoms with E-state index in [1.165, 1.54) is 10.8 Å². The van der Waals surface area contributed by atoms with Crippen LogP contribution in [0.4, 0.5) is 0 Å². The highest BCUT2D eigenvalue weighted by molar-refractivity contribution is 8.83. The lowest BCUT2D eigenvalue weighted by molar-refractivity contribution is 0.281. The summed E-state index contributed by atoms with van der Waals surface area (Å²) in [6.07, 6.45) is 0. The van der Waals surface area contributed by atoms with Crippen LogP contribution in [0.1, 0.15) is 20.8 Å². The molecule has 2 N–H and O–H groups in total. The normalized spacial score (nSPS) is 20.5. The number of hydrogen-bond acceptors (Lipinski definition) is 3. The van der Waals surface area contributed by atoms with E-state index < -0.39 is 5.44 Å². The van der Waals surface area contributed by atoms with E-state index in [1.807, 2.05) is 12.3 Å². The lowest BCUT2D eigenvalue weighted by atomic mass is 10.9. The van der Waals surface area contributed by atoms with Gasteiger partial charge in [-0.1, -0.05) is 16.2 Å². The molecule has 3 atom stereocenters. The number of hydrogen-bond donors (Lipinski definition) is 2. The van der Waals surface area contributed by atoms with Crippen LogP contribution < -0.4 is 0 Å². The Morgan fingerprint density at radius 1 is 1.40 bits per heavy atom. The third-order valence-electron chi connectivity index (χ3n) is 0.819. The van der Waals surface area contributed by atoms with Crippen LogP contribution in [0.3, 0.4) is 0 Å². The van der Waals surface area contributed by atoms with Gasteiger partial charge >= 0.3 is 0 Å². The SMILES string of the molecule is CC=S(SC(C)O)C(C)O. The Morgan fingerprint density at radius 2 is 1.90 bits per heavy atom. The van der Waals surface area contributed by atoms with Crippen molar-refractivity contribution in [1.29, 1.82) is 0 Å². The van der Waals surface area contributed by atoms with Crippen molar-refractivity contribution in [3.8, 4) is 0 Å². The molecule has 0 amide bonds. The molecular weight excluding hydrogens is 168 g/mol. The largest absolute Gasteiger partial charge is 0.382 e. The molecule has 0 rings (SSSR count). The van der Waals surface area contributed by atoms with Crippen molar-refractivity contribution in [2.75, 3.05) is 0 Å². The average molecular weight is 182 g/mol. The molecule has 0 saturated carbocycles. The Morgan fingerprint density at radius 3 is 2.00 bits per heavy atom. The summed E-state index contributed by atoms with van der Waals surface area (Å²) < 4.78 is 0. The summed E-state index contributed by atoms with van der Waals surface area (Å²) >= 11 is 0. The van der Waals surface area contributed by atoms with Crippen LogP contribution in [-0.2, 0) is 0 Å². The van der Waals surface area contributed by atoms with Crippen LogP contribution in [-0.4, -0.2) is 26.5 Å². The van der Waals surface area contributed by atoms with Gasteiger partial charge in [-0.25, -0.2) is 0 Å². The van der Waals surface area contributed by atoms with Crippen molar-refractivity contribution in [3.05, 3.63) is 0 Å². The predicted molar refractivity (Wildman–Crippen MR) is 50.3 cm³/mol. The molecule has 4 heteroatoms. The number of aliphatic hydroxyl groups is 2. The molecule has 0 radical (unpaired) electrons. The van der Waals surface area contributed by atoms with Gasteiger partial charge in [0.2, 0.25) is 0 Å². The lowest BCUT2D eigenvalue weighted by Crippen LogP contribution is -1.98. The van der Waals surface area contributed by atoms with Crippen molar-refractivity contribution < 1.29 is 10.2 Å². The first-order valence-corrected chi connectivity index (χ1v) is 5.87. The molecule has 62 valence electrons. The highest BCUT2D eigenvalue weighted by Crippen LogP contribution is 2.35. The maximum absolute atomic E-state index is 9.11. The van der Waals surface area contributed by atoms with E-state index in [2.05, 4.69) is 0 Å². The second-order valence-electron chi connectivity index (χ2n) is 1.86. The van der Waals surface area contributed by atoms with E-state index in [0.29, 0.717) is 0 Å². The number of rotatable bonds is 3. The Bertz CT molecular complexity index is 121. The van der Waals surface area contributed by atoms with E-state index in [1.54, 1.807) is 13.8 Å². The van der Waals surface area contributed by atoms with Crippen molar-refractivity contribution >= 4 is 25.7 Å². The highest BCUT2D eigenvalue weighted by Gasteiger charge is 2.05. The van der Waals surface area contributed by atoms with Gasteiger partial charge in [0.15, 0.2) is 0 Å². The molecule has 0 bridgehead atoms. The van der Waals surface area contributed by atoms with E-state index in [0.717, 1.165) is 0 Å². The minimum absolute atomic E-state index is 0.216. The zero-order valence-electron chi connectivity index (χ0n) is 6.44. The summed E-state index contributed by atoms with van der Waals surface area (Å²) in [5.41, 5.74) is -0.751. The Labute approximate surface area is 68.0 Å². The molecule has 0 aromatic heterocycles. The maximum Gasteiger partial charge on any atom is 0.106 e. The predicted octanol–water partition coefficient (Wildman–Crippen LogP) is 1.40. The summed E-state index contributed by atoms with van der Waals surface area (Å²) in [6, 6.07) is 0. The summed E-state index contributed by atoms with van der Waals surface area (Å²) in [6.45, 7) is 5.33. The van der Waals surface area contributed by atoms with Crippen LogP contribution in [0.2, 0.25) is 0 Å². The maximum atomic E-state index is 9.11. The Balaban J connectivity index is 3.86. The molecule has 0 spiro atoms. The van der Waals surface area contributed by atoms with Crippen LogP contribution in [0, 0.1) is 0 Å². The van der Waals surface area contributed by atoms with Crippen LogP contribution in [0.15, 0.2) is 0 Å². The van der Waals surface area contributed by atoms with Crippen LogP contribution in [0.5, 0.6) is 0 Å². The van der Waals surface area contributed by atoms with Crippen LogP contribution in [0.25, 0.3) is 0 Å². The quantitative estimate of drug-likeness (QED) is 0.394. The molecule has 0 aliphatic rings. The highest BCUT2D eigenvalue weighted by atomic mass is 33.1. The molecule has 0 aromatic rings. The smallest absolute Gasteiger partial charge is 0.106 e. The van der Waals surface area contributed by atoms with Gasteiger partial charge in [-0.3, -0.25) is 0 Å². The van der Waals surface area contributed by atoms with Crippen molar-refractivity contribution in [3.63, 3.8) is 0 Å². The van der Waals surface area contributed by atoms with Crippen molar-refractivity contribution in [1.82, 2.24) is 0 Å². The molecule has 0 aliphatic carbocycles. The molecule has 10 heavy (non-hydrogen) atoms. The van der Waals surface area contributed by atoms with E-state index in [9.17, 15) is 0 Å². The van der Waals surface area contributed by atoms with Gasteiger partial charge in [-0.2, -0.15) is 0 Å². The first-order chi connectivity index (χ1) is 4.57. The standard InChI is InChI=1S/C6H14O2S2/c1-4-10(6(3)8)9-5(2)7/h4-8H,1-3H3. The van der Waals surface area contributed by atoms with E-state index in [-0.39, 0.29) is 15.0 Å². The summed E-state index contributed by atoms with van der Waals surface area (Å²) in [7, 11) is 1.17. The van der Waals surface area contributed by atoms with Gasteiger partial charge in [0.05, 0.1) is 0 Å². The fourth-order valence-electron chi connectivity index (χ4n) is 0.494. The minimum atomic E-state index is -0.394. The van der Waals surface area contributed by atoms with Crippen LogP contribution >= 0.6 is 20.3 Å². The Kier molecular flexibility index (Phi) is 5.44. The summed E-state index contributed by atoms with van der Waals surface area (Å²) in [5.74, 6) is 0. The third-order valence-corrected chi connectivity index (χ3v) is 5.37. The Hall–Kier alpha value is 0.490. The first kappa shape index (κ1) is 10.5. The van der Waals surface area contributed by atoms with Gasteiger partial charge < -0.3 is 10.2 Å². The lowest BCUT2D eigenvalue weighted by Gasteiger charge is -2.12. The molecule has 3 unspecified atom stereocenters. The zero-order chi connectivity index (χ0) is 8.15. The molecule has 0 fully saturated rings. The van der Waals surface area contributed by atoms with Crippen molar-refractivity contribution in [2.45, 2.75) is 31.6 Å². The molecule has 0 saturated heterocycles. The van der Waals surface area contributed by atoms with Gasteiger partial charge in [-0.15, -0.1) is 9.52 Å². The topological polar surface area (TPSA) is 40.5 Å². The van der Waals surface area contributed by atoms with Gasteiger partial charge in [0.1, 0.15) is 10.9 Å². The van der Waals surface area contributed by atoms with E-state index in [4.69, 9.17) is 10.2 Å². The molecule has 0 aliphatic heterocycles. The van der Waals surface area contributed by atoms with E-state index >= 15 is 0 Å². The fourth-order valence-corrected chi connectivity index (χ4v) is 3.26.